The van der Waals surface area contributed by atoms with Crippen molar-refractivity contribution in [3.63, 3.8) is 0 Å². The molecule has 0 aliphatic rings. The maximum absolute atomic E-state index is 11.4. The summed E-state index contributed by atoms with van der Waals surface area (Å²) in [6.07, 6.45) is 4.37. The van der Waals surface area contributed by atoms with E-state index in [-0.39, 0.29) is 6.61 Å². The number of carboxylic acid groups (broad SMARTS) is 1. The molecule has 1 heterocycles. The standard InChI is InChI=1S/C18H21NO3/c1-4-15-8-7-14-6-5-13(11-16(14)19-15)9-10-18(2,12-22-3)17(20)21/h5-11H,4,12H2,1-3H3,(H,20,21)/b10-9+/t18-/m1/s1. The lowest BCUT2D eigenvalue weighted by Crippen LogP contribution is -2.30. The summed E-state index contributed by atoms with van der Waals surface area (Å²) >= 11 is 0. The summed E-state index contributed by atoms with van der Waals surface area (Å²) in [5.74, 6) is -0.905. The Morgan fingerprint density at radius 1 is 1.36 bits per heavy atom. The van der Waals surface area contributed by atoms with Gasteiger partial charge in [0, 0.05) is 18.2 Å². The first-order valence-electron chi connectivity index (χ1n) is 7.30. The van der Waals surface area contributed by atoms with Crippen LogP contribution in [0.25, 0.3) is 17.0 Å². The average molecular weight is 299 g/mol. The van der Waals surface area contributed by atoms with Crippen molar-refractivity contribution in [1.82, 2.24) is 4.98 Å². The fraction of sp³-hybridized carbons (Fsp3) is 0.333. The van der Waals surface area contributed by atoms with Crippen molar-refractivity contribution in [2.75, 3.05) is 13.7 Å². The van der Waals surface area contributed by atoms with Gasteiger partial charge in [-0.15, -0.1) is 0 Å². The number of hydrogen-bond donors (Lipinski definition) is 1. The van der Waals surface area contributed by atoms with Crippen LogP contribution in [0.15, 0.2) is 36.4 Å². The van der Waals surface area contributed by atoms with E-state index in [0.29, 0.717) is 0 Å². The van der Waals surface area contributed by atoms with E-state index < -0.39 is 11.4 Å². The summed E-state index contributed by atoms with van der Waals surface area (Å²) in [5.41, 5.74) is 1.85. The molecule has 0 saturated heterocycles. The van der Waals surface area contributed by atoms with Gasteiger partial charge in [0.25, 0.3) is 0 Å². The number of benzene rings is 1. The van der Waals surface area contributed by atoms with Crippen molar-refractivity contribution < 1.29 is 14.6 Å². The molecule has 22 heavy (non-hydrogen) atoms. The maximum atomic E-state index is 11.4. The molecule has 2 aromatic rings. The number of carbonyl (C=O) groups is 1. The van der Waals surface area contributed by atoms with Crippen LogP contribution in [-0.2, 0) is 16.0 Å². The lowest BCUT2D eigenvalue weighted by molar-refractivity contribution is -0.147. The second kappa shape index (κ2) is 6.71. The monoisotopic (exact) mass is 299 g/mol. The highest BCUT2D eigenvalue weighted by Crippen LogP contribution is 2.22. The lowest BCUT2D eigenvalue weighted by Gasteiger charge is -2.19. The van der Waals surface area contributed by atoms with Crippen LogP contribution in [0.4, 0.5) is 0 Å². The Bertz CT molecular complexity index is 709. The van der Waals surface area contributed by atoms with Crippen LogP contribution in [0.1, 0.15) is 25.1 Å². The van der Waals surface area contributed by atoms with Crippen molar-refractivity contribution in [1.29, 1.82) is 0 Å². The number of fused-ring (bicyclic) bond motifs is 1. The number of aliphatic carboxylic acids is 1. The van der Waals surface area contributed by atoms with Gasteiger partial charge in [0.2, 0.25) is 0 Å². The molecule has 1 aromatic heterocycles. The molecule has 0 amide bonds. The van der Waals surface area contributed by atoms with Crippen molar-refractivity contribution >= 4 is 22.9 Å². The Labute approximate surface area is 130 Å². The van der Waals surface area contributed by atoms with Crippen LogP contribution in [0.2, 0.25) is 0 Å². The highest BCUT2D eigenvalue weighted by Gasteiger charge is 2.29. The minimum atomic E-state index is -1.04. The molecule has 0 radical (unpaired) electrons. The third-order valence-electron chi connectivity index (χ3n) is 3.71. The lowest BCUT2D eigenvalue weighted by atomic mass is 9.90. The summed E-state index contributed by atoms with van der Waals surface area (Å²) in [6, 6.07) is 10.0. The van der Waals surface area contributed by atoms with Crippen LogP contribution in [-0.4, -0.2) is 29.8 Å². The zero-order valence-electron chi connectivity index (χ0n) is 13.2. The molecule has 1 N–H and O–H groups in total. The number of nitrogens with zero attached hydrogens (tertiary/aromatic N) is 1. The number of pyridine rings is 1. The second-order valence-corrected chi connectivity index (χ2v) is 5.60. The topological polar surface area (TPSA) is 59.4 Å². The number of rotatable bonds is 6. The first-order valence-corrected chi connectivity index (χ1v) is 7.30. The largest absolute Gasteiger partial charge is 0.481 e. The minimum Gasteiger partial charge on any atom is -0.481 e. The normalized spacial score (nSPS) is 14.3. The van der Waals surface area contributed by atoms with Crippen LogP contribution in [0.5, 0.6) is 0 Å². The molecule has 1 atom stereocenters. The van der Waals surface area contributed by atoms with Gasteiger partial charge >= 0.3 is 5.97 Å². The molecule has 0 fully saturated rings. The molecule has 116 valence electrons. The fourth-order valence-corrected chi connectivity index (χ4v) is 2.24. The van der Waals surface area contributed by atoms with Crippen molar-refractivity contribution in [2.24, 2.45) is 5.41 Å². The first-order chi connectivity index (χ1) is 10.5. The van der Waals surface area contributed by atoms with E-state index in [0.717, 1.165) is 28.6 Å². The second-order valence-electron chi connectivity index (χ2n) is 5.60. The Morgan fingerprint density at radius 3 is 2.73 bits per heavy atom. The van der Waals surface area contributed by atoms with Crippen molar-refractivity contribution in [3.8, 4) is 0 Å². The molecule has 0 saturated carbocycles. The Balaban J connectivity index is 2.34. The van der Waals surface area contributed by atoms with Gasteiger partial charge in [0.05, 0.1) is 12.1 Å². The van der Waals surface area contributed by atoms with Crippen LogP contribution < -0.4 is 0 Å². The van der Waals surface area contributed by atoms with Crippen molar-refractivity contribution in [3.05, 3.63) is 47.7 Å². The fourth-order valence-electron chi connectivity index (χ4n) is 2.24. The molecular formula is C18H21NO3. The van der Waals surface area contributed by atoms with Gasteiger partial charge in [-0.3, -0.25) is 9.78 Å². The summed E-state index contributed by atoms with van der Waals surface area (Å²) in [5, 5.41) is 10.4. The van der Waals surface area contributed by atoms with E-state index in [4.69, 9.17) is 4.74 Å². The van der Waals surface area contributed by atoms with E-state index in [9.17, 15) is 9.90 Å². The molecule has 4 heteroatoms. The molecule has 0 spiro atoms. The number of methoxy groups -OCH3 is 1. The summed E-state index contributed by atoms with van der Waals surface area (Å²) in [7, 11) is 1.50. The van der Waals surface area contributed by atoms with Gasteiger partial charge in [0.1, 0.15) is 5.41 Å². The molecule has 4 nitrogen and oxygen atoms in total. The molecular weight excluding hydrogens is 278 g/mol. The molecule has 1 aromatic carbocycles. The number of aryl methyl sites for hydroxylation is 1. The highest BCUT2D eigenvalue weighted by molar-refractivity contribution is 5.82. The average Bonchev–Trinajstić information content (AvgIpc) is 2.52. The molecule has 0 bridgehead atoms. The van der Waals surface area contributed by atoms with E-state index in [1.165, 1.54) is 7.11 Å². The quantitative estimate of drug-likeness (QED) is 0.886. The third kappa shape index (κ3) is 3.52. The van der Waals surface area contributed by atoms with Crippen LogP contribution >= 0.6 is 0 Å². The molecule has 0 aliphatic carbocycles. The van der Waals surface area contributed by atoms with Gasteiger partial charge in [-0.25, -0.2) is 0 Å². The predicted octanol–water partition coefficient (Wildman–Crippen LogP) is 3.55. The summed E-state index contributed by atoms with van der Waals surface area (Å²) in [4.78, 5) is 16.0. The zero-order chi connectivity index (χ0) is 16.2. The van der Waals surface area contributed by atoms with E-state index in [1.807, 2.05) is 30.3 Å². The van der Waals surface area contributed by atoms with Crippen molar-refractivity contribution in [2.45, 2.75) is 20.3 Å². The van der Waals surface area contributed by atoms with E-state index in [2.05, 4.69) is 18.0 Å². The third-order valence-corrected chi connectivity index (χ3v) is 3.71. The number of carboxylic acids is 1. The zero-order valence-corrected chi connectivity index (χ0v) is 13.2. The number of hydrogen-bond acceptors (Lipinski definition) is 3. The SMILES string of the molecule is CCc1ccc2ccc(/C=C/[C@](C)(COC)C(=O)O)cc2n1. The highest BCUT2D eigenvalue weighted by atomic mass is 16.5. The van der Waals surface area contributed by atoms with Crippen LogP contribution in [0, 0.1) is 5.41 Å². The van der Waals surface area contributed by atoms with Gasteiger partial charge in [-0.2, -0.15) is 0 Å². The number of ether oxygens (including phenoxy) is 1. The smallest absolute Gasteiger partial charge is 0.315 e. The predicted molar refractivity (Wildman–Crippen MR) is 87.8 cm³/mol. The van der Waals surface area contributed by atoms with Gasteiger partial charge in [0.15, 0.2) is 0 Å². The van der Waals surface area contributed by atoms with Crippen LogP contribution in [0.3, 0.4) is 0 Å². The summed E-state index contributed by atoms with van der Waals surface area (Å²) < 4.78 is 5.01. The number of aromatic nitrogens is 1. The van der Waals surface area contributed by atoms with Gasteiger partial charge in [-0.1, -0.05) is 37.3 Å². The minimum absolute atomic E-state index is 0.130. The maximum Gasteiger partial charge on any atom is 0.315 e. The first kappa shape index (κ1) is 16.2. The van der Waals surface area contributed by atoms with E-state index >= 15 is 0 Å². The van der Waals surface area contributed by atoms with E-state index in [1.54, 1.807) is 13.0 Å². The van der Waals surface area contributed by atoms with Gasteiger partial charge < -0.3 is 9.84 Å². The molecule has 0 unspecified atom stereocenters. The Hall–Kier alpha value is -2.20. The van der Waals surface area contributed by atoms with Gasteiger partial charge in [-0.05, 0) is 31.0 Å². The Kier molecular flexibility index (Phi) is 4.93. The summed E-state index contributed by atoms with van der Waals surface area (Å²) in [6.45, 7) is 3.84. The Morgan fingerprint density at radius 2 is 2.09 bits per heavy atom. The molecule has 0 aliphatic heterocycles. The molecule has 2 rings (SSSR count).